The number of aliphatic hydroxyl groups is 1. The third-order valence-electron chi connectivity index (χ3n) is 6.06. The third kappa shape index (κ3) is 10.2. The molecule has 1 aliphatic carbocycles. The minimum absolute atomic E-state index is 0.229. The molecule has 1 aromatic rings. The second-order valence-corrected chi connectivity index (χ2v) is 8.97. The maximum absolute atomic E-state index is 12.3. The Morgan fingerprint density at radius 2 is 1.77 bits per heavy atom. The molecule has 0 heterocycles. The predicted octanol–water partition coefficient (Wildman–Crippen LogP) is 4.69. The second-order valence-electron chi connectivity index (χ2n) is 8.53. The summed E-state index contributed by atoms with van der Waals surface area (Å²) in [5.41, 5.74) is 0. The van der Waals surface area contributed by atoms with Crippen molar-refractivity contribution in [2.45, 2.75) is 45.4 Å². The van der Waals surface area contributed by atoms with Crippen molar-refractivity contribution in [2.24, 2.45) is 11.8 Å². The average Bonchev–Trinajstić information content (AvgIpc) is 2.77. The minimum Gasteiger partial charge on any atom is -0.410 e. The number of hydrogen-bond donors (Lipinski definition) is 1. The molecule has 0 unspecified atom stereocenters. The van der Waals surface area contributed by atoms with Gasteiger partial charge in [-0.05, 0) is 87.7 Å². The molecule has 1 N–H and O–H groups in total. The summed E-state index contributed by atoms with van der Waals surface area (Å²) in [4.78, 5) is 16.2. The molecule has 0 aromatic heterocycles. The van der Waals surface area contributed by atoms with E-state index >= 15 is 0 Å². The average molecular weight is 455 g/mol. The Morgan fingerprint density at radius 3 is 2.42 bits per heavy atom. The zero-order chi connectivity index (χ0) is 22.5. The fraction of sp³-hybridized carbons (Fsp3) is 0.708. The zero-order valence-corrected chi connectivity index (χ0v) is 19.9. The summed E-state index contributed by atoms with van der Waals surface area (Å²) >= 11 is 5.86. The first-order valence-corrected chi connectivity index (χ1v) is 12.0. The lowest BCUT2D eigenvalue weighted by Gasteiger charge is -2.30. The largest absolute Gasteiger partial charge is 0.414 e. The summed E-state index contributed by atoms with van der Waals surface area (Å²) in [6.07, 6.45) is 6.42. The first-order chi connectivity index (χ1) is 15.0. The number of aliphatic hydroxyl groups excluding tert-OH is 1. The lowest BCUT2D eigenvalue weighted by Crippen LogP contribution is -2.35. The van der Waals surface area contributed by atoms with Crippen molar-refractivity contribution in [3.05, 3.63) is 29.3 Å². The van der Waals surface area contributed by atoms with Crippen LogP contribution in [0.3, 0.4) is 0 Å². The molecule has 7 heteroatoms. The van der Waals surface area contributed by atoms with Gasteiger partial charge < -0.3 is 24.4 Å². The van der Waals surface area contributed by atoms with Crippen molar-refractivity contribution in [2.75, 3.05) is 53.0 Å². The van der Waals surface area contributed by atoms with Crippen LogP contribution in [0.4, 0.5) is 4.79 Å². The van der Waals surface area contributed by atoms with Gasteiger partial charge in [0.05, 0.1) is 6.61 Å². The molecule has 1 amide bonds. The van der Waals surface area contributed by atoms with E-state index in [1.165, 1.54) is 0 Å². The molecule has 31 heavy (non-hydrogen) atoms. The van der Waals surface area contributed by atoms with Gasteiger partial charge in [0.1, 0.15) is 5.75 Å². The Balaban J connectivity index is 1.54. The van der Waals surface area contributed by atoms with Crippen molar-refractivity contribution in [1.29, 1.82) is 0 Å². The van der Waals surface area contributed by atoms with Crippen LogP contribution in [0, 0.1) is 11.8 Å². The molecular formula is C24H39ClN2O4. The quantitative estimate of drug-likeness (QED) is 0.438. The number of benzene rings is 1. The minimum atomic E-state index is -0.326. The maximum atomic E-state index is 12.3. The highest BCUT2D eigenvalue weighted by Gasteiger charge is 2.24. The highest BCUT2D eigenvalue weighted by Crippen LogP contribution is 2.29. The molecule has 0 radical (unpaired) electrons. The van der Waals surface area contributed by atoms with Crippen LogP contribution in [0.15, 0.2) is 24.3 Å². The first-order valence-electron chi connectivity index (χ1n) is 11.6. The maximum Gasteiger partial charge on any atom is 0.414 e. The Bertz CT molecular complexity index is 621. The standard InChI is InChI=1S/C24H39ClN2O4/c1-3-27(15-16-28)14-4-5-17-30-19-21-8-6-20(7-9-21)18-26(2)24(29)31-23-12-10-22(25)11-13-23/h10-13,20-21,28H,3-9,14-19H2,1-2H3/t20-,21-. The van der Waals surface area contributed by atoms with Crippen molar-refractivity contribution in [1.82, 2.24) is 9.80 Å². The molecule has 2 rings (SSSR count). The number of carbonyl (C=O) groups is 1. The summed E-state index contributed by atoms with van der Waals surface area (Å²) in [7, 11) is 1.80. The molecule has 0 bridgehead atoms. The van der Waals surface area contributed by atoms with E-state index in [2.05, 4.69) is 11.8 Å². The van der Waals surface area contributed by atoms with Crippen LogP contribution in [-0.4, -0.2) is 74.0 Å². The topological polar surface area (TPSA) is 62.2 Å². The number of ether oxygens (including phenoxy) is 2. The van der Waals surface area contributed by atoms with Crippen LogP contribution >= 0.6 is 11.6 Å². The van der Waals surface area contributed by atoms with Gasteiger partial charge in [-0.3, -0.25) is 0 Å². The Labute approximate surface area is 192 Å². The van der Waals surface area contributed by atoms with Crippen LogP contribution in [0.1, 0.15) is 45.4 Å². The van der Waals surface area contributed by atoms with Gasteiger partial charge >= 0.3 is 6.09 Å². The predicted molar refractivity (Wildman–Crippen MR) is 125 cm³/mol. The molecule has 6 nitrogen and oxygen atoms in total. The zero-order valence-electron chi connectivity index (χ0n) is 19.1. The van der Waals surface area contributed by atoms with Gasteiger partial charge in [-0.15, -0.1) is 0 Å². The lowest BCUT2D eigenvalue weighted by atomic mass is 9.82. The fourth-order valence-corrected chi connectivity index (χ4v) is 4.21. The summed E-state index contributed by atoms with van der Waals surface area (Å²) in [5.74, 6) is 1.66. The van der Waals surface area contributed by atoms with Crippen LogP contribution in [-0.2, 0) is 4.74 Å². The van der Waals surface area contributed by atoms with E-state index in [1.54, 1.807) is 36.2 Å². The van der Waals surface area contributed by atoms with Crippen LogP contribution < -0.4 is 4.74 Å². The summed E-state index contributed by atoms with van der Waals surface area (Å²) in [5, 5.41) is 9.64. The van der Waals surface area contributed by atoms with Crippen LogP contribution in [0.5, 0.6) is 5.75 Å². The first kappa shape index (κ1) is 25.9. The van der Waals surface area contributed by atoms with Gasteiger partial charge in [-0.1, -0.05) is 18.5 Å². The van der Waals surface area contributed by atoms with E-state index in [4.69, 9.17) is 26.2 Å². The highest BCUT2D eigenvalue weighted by molar-refractivity contribution is 6.30. The van der Waals surface area contributed by atoms with Crippen molar-refractivity contribution >= 4 is 17.7 Å². The fourth-order valence-electron chi connectivity index (χ4n) is 4.08. The molecule has 1 fully saturated rings. The molecule has 1 saturated carbocycles. The van der Waals surface area contributed by atoms with Crippen molar-refractivity contribution in [3.8, 4) is 5.75 Å². The number of carbonyl (C=O) groups excluding carboxylic acids is 1. The SMILES string of the molecule is CCN(CCO)CCCCOC[C@H]1CC[C@H](CN(C)C(=O)Oc2ccc(Cl)cc2)CC1. The summed E-state index contributed by atoms with van der Waals surface area (Å²) < 4.78 is 11.3. The smallest absolute Gasteiger partial charge is 0.410 e. The normalized spacial score (nSPS) is 18.9. The van der Waals surface area contributed by atoms with E-state index in [9.17, 15) is 4.79 Å². The number of rotatable bonds is 13. The van der Waals surface area contributed by atoms with E-state index in [-0.39, 0.29) is 12.7 Å². The molecule has 0 atom stereocenters. The number of halogens is 1. The van der Waals surface area contributed by atoms with E-state index < -0.39 is 0 Å². The summed E-state index contributed by atoms with van der Waals surface area (Å²) in [6, 6.07) is 6.83. The number of unbranched alkanes of at least 4 members (excludes halogenated alkanes) is 1. The molecule has 176 valence electrons. The number of likely N-dealkylation sites (N-methyl/N-ethyl adjacent to an activating group) is 1. The monoisotopic (exact) mass is 454 g/mol. The van der Waals surface area contributed by atoms with Gasteiger partial charge in [-0.2, -0.15) is 0 Å². The Hall–Kier alpha value is -1.34. The van der Waals surface area contributed by atoms with E-state index in [0.717, 1.165) is 77.9 Å². The number of amides is 1. The molecule has 0 aliphatic heterocycles. The van der Waals surface area contributed by atoms with E-state index in [1.807, 2.05) is 0 Å². The Kier molecular flexibility index (Phi) is 12.3. The van der Waals surface area contributed by atoms with Gasteiger partial charge in [0.15, 0.2) is 0 Å². The van der Waals surface area contributed by atoms with Crippen LogP contribution in [0.2, 0.25) is 5.02 Å². The van der Waals surface area contributed by atoms with Gasteiger partial charge in [0.2, 0.25) is 0 Å². The van der Waals surface area contributed by atoms with Crippen molar-refractivity contribution < 1.29 is 19.4 Å². The highest BCUT2D eigenvalue weighted by atomic mass is 35.5. The molecule has 0 spiro atoms. The lowest BCUT2D eigenvalue weighted by molar-refractivity contribution is 0.0701. The molecular weight excluding hydrogens is 416 g/mol. The molecule has 1 aliphatic rings. The van der Waals surface area contributed by atoms with E-state index in [0.29, 0.717) is 22.6 Å². The Morgan fingerprint density at radius 1 is 1.10 bits per heavy atom. The number of nitrogens with zero attached hydrogens (tertiary/aromatic N) is 2. The third-order valence-corrected chi connectivity index (χ3v) is 6.31. The molecule has 0 saturated heterocycles. The number of hydrogen-bond acceptors (Lipinski definition) is 5. The van der Waals surface area contributed by atoms with Gasteiger partial charge in [0.25, 0.3) is 0 Å². The summed E-state index contributed by atoms with van der Waals surface area (Å²) in [6.45, 7) is 7.51. The van der Waals surface area contributed by atoms with Gasteiger partial charge in [0, 0.05) is 38.4 Å². The second kappa shape index (κ2) is 14.7. The van der Waals surface area contributed by atoms with Crippen LogP contribution in [0.25, 0.3) is 0 Å². The van der Waals surface area contributed by atoms with Crippen molar-refractivity contribution in [3.63, 3.8) is 0 Å². The molecule has 1 aromatic carbocycles. The van der Waals surface area contributed by atoms with Gasteiger partial charge in [-0.25, -0.2) is 4.79 Å².